The summed E-state index contributed by atoms with van der Waals surface area (Å²) in [4.78, 5) is 13.5. The maximum Gasteiger partial charge on any atom is 0.233 e. The van der Waals surface area contributed by atoms with Crippen molar-refractivity contribution in [1.29, 1.82) is 0 Å². The molecule has 1 amide bonds. The molecule has 0 saturated carbocycles. The predicted molar refractivity (Wildman–Crippen MR) is 94.2 cm³/mol. The minimum atomic E-state index is -0.175. The molecule has 2 unspecified atom stereocenters. The fourth-order valence-electron chi connectivity index (χ4n) is 2.55. The largest absolute Gasteiger partial charge is 0.493 e. The van der Waals surface area contributed by atoms with Crippen LogP contribution >= 0.6 is 23.4 Å². The third-order valence-corrected chi connectivity index (χ3v) is 5.13. The monoisotopic (exact) mass is 347 g/mol. The summed E-state index contributed by atoms with van der Waals surface area (Å²) in [5.74, 6) is 0.897. The predicted octanol–water partition coefficient (Wildman–Crippen LogP) is 4.46. The summed E-state index contributed by atoms with van der Waals surface area (Å²) in [6, 6.07) is 15.4. The third-order valence-electron chi connectivity index (χ3n) is 3.77. The Kier molecular flexibility index (Phi) is 5.13. The second-order valence-electron chi connectivity index (χ2n) is 5.45. The van der Waals surface area contributed by atoms with Crippen LogP contribution in [0.2, 0.25) is 5.02 Å². The quantitative estimate of drug-likeness (QED) is 0.830. The zero-order chi connectivity index (χ0) is 16.2. The van der Waals surface area contributed by atoms with Crippen LogP contribution in [0.15, 0.2) is 53.4 Å². The van der Waals surface area contributed by atoms with Crippen LogP contribution in [-0.2, 0) is 4.79 Å². The summed E-state index contributed by atoms with van der Waals surface area (Å²) < 4.78 is 5.63. The Morgan fingerprint density at radius 2 is 2.00 bits per heavy atom. The second-order valence-corrected chi connectivity index (χ2v) is 7.30. The lowest BCUT2D eigenvalue weighted by Gasteiger charge is -2.27. The van der Waals surface area contributed by atoms with Crippen molar-refractivity contribution < 1.29 is 9.53 Å². The Morgan fingerprint density at radius 1 is 1.26 bits per heavy atom. The molecule has 1 aliphatic heterocycles. The van der Waals surface area contributed by atoms with E-state index in [1.54, 1.807) is 0 Å². The molecule has 0 saturated heterocycles. The number of fused-ring (bicyclic) bond motifs is 1. The molecule has 0 spiro atoms. The van der Waals surface area contributed by atoms with E-state index in [0.29, 0.717) is 11.6 Å². The topological polar surface area (TPSA) is 38.3 Å². The van der Waals surface area contributed by atoms with Crippen molar-refractivity contribution in [3.63, 3.8) is 0 Å². The van der Waals surface area contributed by atoms with E-state index >= 15 is 0 Å². The number of carbonyl (C=O) groups is 1. The van der Waals surface area contributed by atoms with Gasteiger partial charge < -0.3 is 10.1 Å². The number of thioether (sulfide) groups is 1. The average molecular weight is 348 g/mol. The lowest BCUT2D eigenvalue weighted by atomic mass is 10.0. The van der Waals surface area contributed by atoms with E-state index in [4.69, 9.17) is 16.3 Å². The number of amides is 1. The highest BCUT2D eigenvalue weighted by Gasteiger charge is 2.24. The van der Waals surface area contributed by atoms with Crippen molar-refractivity contribution in [3.05, 3.63) is 59.1 Å². The number of para-hydroxylation sites is 1. The lowest BCUT2D eigenvalue weighted by molar-refractivity contribution is -0.121. The normalized spacial score (nSPS) is 17.7. The van der Waals surface area contributed by atoms with E-state index in [0.717, 1.165) is 22.6 Å². The fraction of sp³-hybridized carbons (Fsp3) is 0.278. The summed E-state index contributed by atoms with van der Waals surface area (Å²) in [5, 5.41) is 3.67. The molecule has 2 aromatic rings. The van der Waals surface area contributed by atoms with Crippen LogP contribution in [0.3, 0.4) is 0 Å². The lowest BCUT2D eigenvalue weighted by Crippen LogP contribution is -2.36. The van der Waals surface area contributed by atoms with Gasteiger partial charge in [0.25, 0.3) is 0 Å². The van der Waals surface area contributed by atoms with E-state index in [9.17, 15) is 4.79 Å². The Morgan fingerprint density at radius 3 is 2.78 bits per heavy atom. The second kappa shape index (κ2) is 7.28. The Hall–Kier alpha value is -1.65. The number of halogens is 1. The van der Waals surface area contributed by atoms with Gasteiger partial charge in [0.15, 0.2) is 0 Å². The first-order valence-corrected chi connectivity index (χ1v) is 8.83. The van der Waals surface area contributed by atoms with Gasteiger partial charge in [0.05, 0.1) is 17.9 Å². The maximum atomic E-state index is 12.5. The maximum absolute atomic E-state index is 12.5. The molecular formula is C18H18ClNO2S. The average Bonchev–Trinajstić information content (AvgIpc) is 2.57. The Labute approximate surface area is 145 Å². The molecule has 0 bridgehead atoms. The molecule has 0 radical (unpaired) electrons. The zero-order valence-electron chi connectivity index (χ0n) is 12.8. The molecule has 0 aromatic heterocycles. The molecule has 120 valence electrons. The van der Waals surface area contributed by atoms with Crippen molar-refractivity contribution in [2.45, 2.75) is 29.5 Å². The zero-order valence-corrected chi connectivity index (χ0v) is 14.4. The van der Waals surface area contributed by atoms with Gasteiger partial charge in [-0.2, -0.15) is 0 Å². The van der Waals surface area contributed by atoms with Crippen LogP contribution in [0.25, 0.3) is 0 Å². The highest BCUT2D eigenvalue weighted by Crippen LogP contribution is 2.32. The van der Waals surface area contributed by atoms with Crippen LogP contribution in [0, 0.1) is 0 Å². The highest BCUT2D eigenvalue weighted by molar-refractivity contribution is 8.00. The van der Waals surface area contributed by atoms with Crippen LogP contribution in [0.5, 0.6) is 5.75 Å². The summed E-state index contributed by atoms with van der Waals surface area (Å²) >= 11 is 7.42. The molecule has 5 heteroatoms. The first-order chi connectivity index (χ1) is 11.1. The first-order valence-electron chi connectivity index (χ1n) is 7.58. The Balaban J connectivity index is 1.64. The van der Waals surface area contributed by atoms with Gasteiger partial charge in [0.2, 0.25) is 5.91 Å². The van der Waals surface area contributed by atoms with E-state index in [-0.39, 0.29) is 17.2 Å². The third kappa shape index (κ3) is 4.01. The van der Waals surface area contributed by atoms with Gasteiger partial charge >= 0.3 is 0 Å². The molecule has 23 heavy (non-hydrogen) atoms. The standard InChI is InChI=1S/C18H18ClNO2S/c1-12(23-14-8-6-13(19)7-9-14)18(21)20-16-10-11-22-17-5-3-2-4-15(16)17/h2-9,12,16H,10-11H2,1H3,(H,20,21). The van der Waals surface area contributed by atoms with E-state index in [1.807, 2.05) is 55.5 Å². The molecule has 0 fully saturated rings. The minimum Gasteiger partial charge on any atom is -0.493 e. The summed E-state index contributed by atoms with van der Waals surface area (Å²) in [6.07, 6.45) is 0.793. The number of hydrogen-bond donors (Lipinski definition) is 1. The van der Waals surface area contributed by atoms with Crippen molar-refractivity contribution in [2.75, 3.05) is 6.61 Å². The van der Waals surface area contributed by atoms with Gasteiger partial charge in [-0.3, -0.25) is 4.79 Å². The number of hydrogen-bond acceptors (Lipinski definition) is 3. The molecule has 3 rings (SSSR count). The van der Waals surface area contributed by atoms with Crippen LogP contribution < -0.4 is 10.1 Å². The Bertz CT molecular complexity index is 690. The molecule has 2 atom stereocenters. The van der Waals surface area contributed by atoms with Gasteiger partial charge in [-0.05, 0) is 37.3 Å². The summed E-state index contributed by atoms with van der Waals surface area (Å²) in [6.45, 7) is 2.54. The molecule has 3 nitrogen and oxygen atoms in total. The van der Waals surface area contributed by atoms with Gasteiger partial charge in [-0.15, -0.1) is 11.8 Å². The van der Waals surface area contributed by atoms with Crippen molar-refractivity contribution in [1.82, 2.24) is 5.32 Å². The van der Waals surface area contributed by atoms with Crippen LogP contribution in [0.1, 0.15) is 24.9 Å². The van der Waals surface area contributed by atoms with Crippen LogP contribution in [0.4, 0.5) is 0 Å². The van der Waals surface area contributed by atoms with Gasteiger partial charge in [0, 0.05) is 21.9 Å². The minimum absolute atomic E-state index is 0.0146. The van der Waals surface area contributed by atoms with Crippen molar-refractivity contribution >= 4 is 29.3 Å². The summed E-state index contributed by atoms with van der Waals surface area (Å²) in [7, 11) is 0. The fourth-order valence-corrected chi connectivity index (χ4v) is 3.55. The number of carbonyl (C=O) groups excluding carboxylic acids is 1. The molecule has 1 heterocycles. The highest BCUT2D eigenvalue weighted by atomic mass is 35.5. The summed E-state index contributed by atoms with van der Waals surface area (Å²) in [5.41, 5.74) is 1.05. The SMILES string of the molecule is CC(Sc1ccc(Cl)cc1)C(=O)NC1CCOc2ccccc21. The van der Waals surface area contributed by atoms with Gasteiger partial charge in [0.1, 0.15) is 5.75 Å². The van der Waals surface area contributed by atoms with E-state index in [1.165, 1.54) is 11.8 Å². The number of benzene rings is 2. The molecule has 0 aliphatic carbocycles. The molecule has 1 N–H and O–H groups in total. The van der Waals surface area contributed by atoms with Gasteiger partial charge in [-0.1, -0.05) is 29.8 Å². The number of ether oxygens (including phenoxy) is 1. The molecule has 1 aliphatic rings. The number of nitrogens with one attached hydrogen (secondary N) is 1. The van der Waals surface area contributed by atoms with Crippen LogP contribution in [-0.4, -0.2) is 17.8 Å². The van der Waals surface area contributed by atoms with Gasteiger partial charge in [-0.25, -0.2) is 0 Å². The first kappa shape index (κ1) is 16.2. The van der Waals surface area contributed by atoms with E-state index < -0.39 is 0 Å². The van der Waals surface area contributed by atoms with Crippen molar-refractivity contribution in [3.8, 4) is 5.75 Å². The molecule has 2 aromatic carbocycles. The molecular weight excluding hydrogens is 330 g/mol. The number of rotatable bonds is 4. The van der Waals surface area contributed by atoms with Crippen molar-refractivity contribution in [2.24, 2.45) is 0 Å². The van der Waals surface area contributed by atoms with E-state index in [2.05, 4.69) is 5.32 Å². The smallest absolute Gasteiger partial charge is 0.233 e.